The molecular weight excluding hydrogens is 278 g/mol. The topological polar surface area (TPSA) is 12.0 Å². The van der Waals surface area contributed by atoms with Crippen molar-refractivity contribution in [2.45, 2.75) is 32.2 Å². The van der Waals surface area contributed by atoms with E-state index in [9.17, 15) is 0 Å². The van der Waals surface area contributed by atoms with Gasteiger partial charge in [0.15, 0.2) is 0 Å². The van der Waals surface area contributed by atoms with Gasteiger partial charge < -0.3 is 5.32 Å². The van der Waals surface area contributed by atoms with Crippen LogP contribution in [0.25, 0.3) is 10.8 Å². The lowest BCUT2D eigenvalue weighted by atomic mass is 9.99. The van der Waals surface area contributed by atoms with Gasteiger partial charge in [0.05, 0.1) is 0 Å². The summed E-state index contributed by atoms with van der Waals surface area (Å²) in [6.45, 7) is 3.33. The number of unbranched alkanes of at least 4 members (excludes halogenated alkanes) is 1. The normalized spacial score (nSPS) is 12.4. The van der Waals surface area contributed by atoms with E-state index < -0.39 is 0 Å². The third-order valence-electron chi connectivity index (χ3n) is 4.48. The Hall–Kier alpha value is -2.12. The van der Waals surface area contributed by atoms with Crippen LogP contribution in [-0.4, -0.2) is 6.54 Å². The molecule has 0 heterocycles. The van der Waals surface area contributed by atoms with Crippen LogP contribution in [0, 0.1) is 0 Å². The number of rotatable bonds is 7. The van der Waals surface area contributed by atoms with E-state index in [1.54, 1.807) is 0 Å². The monoisotopic (exact) mass is 303 g/mol. The SMILES string of the molecule is CC(NCCCCc1ccccc1)c1cccc2ccccc12. The number of fused-ring (bicyclic) bond motifs is 1. The maximum atomic E-state index is 3.68. The van der Waals surface area contributed by atoms with Gasteiger partial charge in [-0.1, -0.05) is 72.8 Å². The van der Waals surface area contributed by atoms with Crippen LogP contribution in [0.5, 0.6) is 0 Å². The predicted molar refractivity (Wildman–Crippen MR) is 99.7 cm³/mol. The smallest absolute Gasteiger partial charge is 0.0297 e. The average molecular weight is 303 g/mol. The first kappa shape index (κ1) is 15.8. The van der Waals surface area contributed by atoms with Crippen molar-refractivity contribution >= 4 is 10.8 Å². The number of nitrogens with one attached hydrogen (secondary N) is 1. The first-order chi connectivity index (χ1) is 11.3. The van der Waals surface area contributed by atoms with Crippen LogP contribution in [0.15, 0.2) is 72.8 Å². The van der Waals surface area contributed by atoms with E-state index in [1.165, 1.54) is 41.2 Å². The zero-order chi connectivity index (χ0) is 15.9. The largest absolute Gasteiger partial charge is 0.310 e. The molecule has 23 heavy (non-hydrogen) atoms. The van der Waals surface area contributed by atoms with E-state index >= 15 is 0 Å². The Balaban J connectivity index is 1.50. The molecule has 1 nitrogen and oxygen atoms in total. The number of benzene rings is 3. The van der Waals surface area contributed by atoms with Crippen molar-refractivity contribution in [1.29, 1.82) is 0 Å². The Bertz CT molecular complexity index is 728. The molecule has 0 aliphatic heterocycles. The van der Waals surface area contributed by atoms with E-state index in [4.69, 9.17) is 0 Å². The summed E-state index contributed by atoms with van der Waals surface area (Å²) < 4.78 is 0. The molecule has 0 saturated heterocycles. The molecule has 0 amide bonds. The van der Waals surface area contributed by atoms with Crippen molar-refractivity contribution in [2.75, 3.05) is 6.54 Å². The molecule has 1 unspecified atom stereocenters. The van der Waals surface area contributed by atoms with E-state index in [1.807, 2.05) is 0 Å². The second-order valence-electron chi connectivity index (χ2n) is 6.19. The van der Waals surface area contributed by atoms with Crippen LogP contribution in [0.2, 0.25) is 0 Å². The molecule has 1 N–H and O–H groups in total. The van der Waals surface area contributed by atoms with Crippen molar-refractivity contribution in [2.24, 2.45) is 0 Å². The van der Waals surface area contributed by atoms with Crippen LogP contribution in [0.3, 0.4) is 0 Å². The zero-order valence-electron chi connectivity index (χ0n) is 13.8. The van der Waals surface area contributed by atoms with E-state index in [2.05, 4.69) is 85.0 Å². The van der Waals surface area contributed by atoms with E-state index in [0.29, 0.717) is 6.04 Å². The van der Waals surface area contributed by atoms with Crippen molar-refractivity contribution in [3.05, 3.63) is 83.9 Å². The van der Waals surface area contributed by atoms with Gasteiger partial charge in [0.1, 0.15) is 0 Å². The predicted octanol–water partition coefficient (Wildman–Crippen LogP) is 5.51. The minimum absolute atomic E-state index is 0.387. The molecule has 0 saturated carbocycles. The average Bonchev–Trinajstić information content (AvgIpc) is 2.61. The lowest BCUT2D eigenvalue weighted by Crippen LogP contribution is -2.20. The summed E-state index contributed by atoms with van der Waals surface area (Å²) in [4.78, 5) is 0. The maximum absolute atomic E-state index is 3.68. The van der Waals surface area contributed by atoms with Crippen LogP contribution < -0.4 is 5.32 Å². The summed E-state index contributed by atoms with van der Waals surface area (Å²) in [5, 5.41) is 6.36. The van der Waals surface area contributed by atoms with Crippen molar-refractivity contribution < 1.29 is 0 Å². The molecule has 1 heteroatoms. The zero-order valence-corrected chi connectivity index (χ0v) is 13.8. The Labute approximate surface area is 139 Å². The first-order valence-electron chi connectivity index (χ1n) is 8.59. The van der Waals surface area contributed by atoms with Crippen LogP contribution in [0.1, 0.15) is 36.9 Å². The summed E-state index contributed by atoms with van der Waals surface area (Å²) in [6.07, 6.45) is 3.62. The summed E-state index contributed by atoms with van der Waals surface area (Å²) in [6, 6.07) is 26.4. The summed E-state index contributed by atoms with van der Waals surface area (Å²) in [5.41, 5.74) is 2.83. The highest BCUT2D eigenvalue weighted by molar-refractivity contribution is 5.86. The number of hydrogen-bond donors (Lipinski definition) is 1. The third-order valence-corrected chi connectivity index (χ3v) is 4.48. The molecule has 0 spiro atoms. The molecule has 3 aromatic rings. The van der Waals surface area contributed by atoms with Gasteiger partial charge >= 0.3 is 0 Å². The van der Waals surface area contributed by atoms with Gasteiger partial charge in [-0.05, 0) is 54.6 Å². The Morgan fingerprint density at radius 2 is 1.52 bits per heavy atom. The molecule has 0 aromatic heterocycles. The highest BCUT2D eigenvalue weighted by atomic mass is 14.9. The highest BCUT2D eigenvalue weighted by Gasteiger charge is 2.07. The standard InChI is InChI=1S/C22H25N/c1-18(21-16-9-14-20-13-5-6-15-22(20)21)23-17-8-7-12-19-10-3-2-4-11-19/h2-6,9-11,13-16,18,23H,7-8,12,17H2,1H3. The van der Waals surface area contributed by atoms with E-state index in [-0.39, 0.29) is 0 Å². The molecule has 1 atom stereocenters. The summed E-state index contributed by atoms with van der Waals surface area (Å²) >= 11 is 0. The van der Waals surface area contributed by atoms with Crippen molar-refractivity contribution in [3.8, 4) is 0 Å². The first-order valence-corrected chi connectivity index (χ1v) is 8.59. The third kappa shape index (κ3) is 4.20. The molecular formula is C22H25N. The van der Waals surface area contributed by atoms with Crippen molar-refractivity contribution in [1.82, 2.24) is 5.32 Å². The number of aryl methyl sites for hydroxylation is 1. The molecule has 0 aliphatic rings. The van der Waals surface area contributed by atoms with E-state index in [0.717, 1.165) is 6.54 Å². The van der Waals surface area contributed by atoms with Crippen LogP contribution >= 0.6 is 0 Å². The van der Waals surface area contributed by atoms with Crippen LogP contribution in [0.4, 0.5) is 0 Å². The molecule has 0 bridgehead atoms. The quantitative estimate of drug-likeness (QED) is 0.567. The van der Waals surface area contributed by atoms with Crippen LogP contribution in [-0.2, 0) is 6.42 Å². The molecule has 0 radical (unpaired) electrons. The Morgan fingerprint density at radius 1 is 0.783 bits per heavy atom. The molecule has 0 fully saturated rings. The Morgan fingerprint density at radius 3 is 2.39 bits per heavy atom. The fourth-order valence-electron chi connectivity index (χ4n) is 3.16. The van der Waals surface area contributed by atoms with Gasteiger partial charge in [0.25, 0.3) is 0 Å². The lowest BCUT2D eigenvalue weighted by molar-refractivity contribution is 0.549. The molecule has 3 rings (SSSR count). The highest BCUT2D eigenvalue weighted by Crippen LogP contribution is 2.23. The van der Waals surface area contributed by atoms with Gasteiger partial charge in [-0.15, -0.1) is 0 Å². The van der Waals surface area contributed by atoms with Gasteiger partial charge in [0.2, 0.25) is 0 Å². The maximum Gasteiger partial charge on any atom is 0.0297 e. The second-order valence-corrected chi connectivity index (χ2v) is 6.19. The van der Waals surface area contributed by atoms with Gasteiger partial charge in [-0.2, -0.15) is 0 Å². The minimum atomic E-state index is 0.387. The lowest BCUT2D eigenvalue weighted by Gasteiger charge is -2.16. The minimum Gasteiger partial charge on any atom is -0.310 e. The fraction of sp³-hybridized carbons (Fsp3) is 0.273. The summed E-state index contributed by atoms with van der Waals surface area (Å²) in [7, 11) is 0. The van der Waals surface area contributed by atoms with Gasteiger partial charge in [-0.3, -0.25) is 0 Å². The molecule has 0 aliphatic carbocycles. The second kappa shape index (κ2) is 7.94. The van der Waals surface area contributed by atoms with Gasteiger partial charge in [0, 0.05) is 6.04 Å². The van der Waals surface area contributed by atoms with Crippen molar-refractivity contribution in [3.63, 3.8) is 0 Å². The fourth-order valence-corrected chi connectivity index (χ4v) is 3.16. The molecule has 3 aromatic carbocycles. The summed E-state index contributed by atoms with van der Waals surface area (Å²) in [5.74, 6) is 0. The number of hydrogen-bond acceptors (Lipinski definition) is 1. The van der Waals surface area contributed by atoms with Gasteiger partial charge in [-0.25, -0.2) is 0 Å². The molecule has 118 valence electrons. The Kier molecular flexibility index (Phi) is 5.44.